The molecule has 0 aliphatic heterocycles. The molecule has 0 aliphatic rings. The zero-order valence-corrected chi connectivity index (χ0v) is 12.0. The van der Waals surface area contributed by atoms with E-state index in [4.69, 9.17) is 0 Å². The fourth-order valence-corrected chi connectivity index (χ4v) is 2.92. The minimum Gasteiger partial charge on any atom is -0.360 e. The van der Waals surface area contributed by atoms with E-state index in [1.807, 2.05) is 26.0 Å². The molecule has 4 nitrogen and oxygen atoms in total. The van der Waals surface area contributed by atoms with E-state index in [-0.39, 0.29) is 5.82 Å². The van der Waals surface area contributed by atoms with Gasteiger partial charge in [0.25, 0.3) is 0 Å². The monoisotopic (exact) mass is 288 g/mol. The van der Waals surface area contributed by atoms with Crippen LogP contribution < -0.4 is 5.32 Å². The first-order chi connectivity index (χ1) is 9.69. The predicted octanol–water partition coefficient (Wildman–Crippen LogP) is 3.63. The molecule has 3 rings (SSSR count). The lowest BCUT2D eigenvalue weighted by atomic mass is 10.1. The first-order valence-corrected chi connectivity index (χ1v) is 7.14. The van der Waals surface area contributed by atoms with Crippen molar-refractivity contribution in [1.82, 2.24) is 15.2 Å². The van der Waals surface area contributed by atoms with Gasteiger partial charge in [0.15, 0.2) is 0 Å². The predicted molar refractivity (Wildman–Crippen MR) is 79.5 cm³/mol. The Morgan fingerprint density at radius 3 is 2.95 bits per heavy atom. The van der Waals surface area contributed by atoms with Crippen molar-refractivity contribution in [2.24, 2.45) is 0 Å². The maximum atomic E-state index is 13.9. The number of rotatable bonds is 3. The van der Waals surface area contributed by atoms with Crippen LogP contribution in [0.5, 0.6) is 0 Å². The highest BCUT2D eigenvalue weighted by atomic mass is 32.1. The zero-order valence-electron chi connectivity index (χ0n) is 11.1. The highest BCUT2D eigenvalue weighted by Gasteiger charge is 2.13. The topological polar surface area (TPSA) is 50.7 Å². The molecule has 0 saturated carbocycles. The van der Waals surface area contributed by atoms with Gasteiger partial charge in [0.2, 0.25) is 5.13 Å². The molecule has 0 atom stereocenters. The van der Waals surface area contributed by atoms with Crippen molar-refractivity contribution in [3.8, 4) is 10.6 Å². The molecular formula is C14H13FN4S. The van der Waals surface area contributed by atoms with Crippen LogP contribution in [0.25, 0.3) is 21.5 Å². The molecule has 6 heteroatoms. The second-order valence-corrected chi connectivity index (χ2v) is 5.37. The molecule has 1 N–H and O–H groups in total. The molecule has 3 aromatic rings. The average molecular weight is 288 g/mol. The van der Waals surface area contributed by atoms with Crippen molar-refractivity contribution in [2.75, 3.05) is 11.9 Å². The van der Waals surface area contributed by atoms with Crippen LogP contribution in [0.15, 0.2) is 24.3 Å². The normalized spacial score (nSPS) is 10.9. The van der Waals surface area contributed by atoms with Crippen molar-refractivity contribution < 1.29 is 4.39 Å². The van der Waals surface area contributed by atoms with Crippen LogP contribution in [-0.4, -0.2) is 21.7 Å². The second kappa shape index (κ2) is 5.13. The number of anilines is 1. The molecule has 102 valence electrons. The van der Waals surface area contributed by atoms with Crippen molar-refractivity contribution >= 4 is 27.4 Å². The molecule has 20 heavy (non-hydrogen) atoms. The molecule has 0 amide bonds. The third kappa shape index (κ3) is 2.22. The molecule has 0 saturated heterocycles. The Hall–Kier alpha value is -2.08. The summed E-state index contributed by atoms with van der Waals surface area (Å²) >= 11 is 1.46. The summed E-state index contributed by atoms with van der Waals surface area (Å²) in [7, 11) is 0. The van der Waals surface area contributed by atoms with Gasteiger partial charge in [-0.3, -0.25) is 0 Å². The third-order valence-electron chi connectivity index (χ3n) is 2.90. The SMILES string of the molecule is CCNc1nnc(-c2cc(C)nc3c(F)cccc23)s1. The van der Waals surface area contributed by atoms with Gasteiger partial charge in [0, 0.05) is 23.2 Å². The number of hydrogen-bond acceptors (Lipinski definition) is 5. The molecule has 0 spiro atoms. The van der Waals surface area contributed by atoms with E-state index < -0.39 is 0 Å². The van der Waals surface area contributed by atoms with Crippen LogP contribution in [0.1, 0.15) is 12.6 Å². The summed E-state index contributed by atoms with van der Waals surface area (Å²) in [6.45, 7) is 4.64. The lowest BCUT2D eigenvalue weighted by Crippen LogP contribution is -1.94. The van der Waals surface area contributed by atoms with E-state index in [9.17, 15) is 4.39 Å². The van der Waals surface area contributed by atoms with Crippen LogP contribution >= 0.6 is 11.3 Å². The van der Waals surface area contributed by atoms with E-state index >= 15 is 0 Å². The van der Waals surface area contributed by atoms with Crippen LogP contribution in [0.3, 0.4) is 0 Å². The quantitative estimate of drug-likeness (QED) is 0.799. The third-order valence-corrected chi connectivity index (χ3v) is 3.82. The molecule has 0 bridgehead atoms. The average Bonchev–Trinajstić information content (AvgIpc) is 2.88. The highest BCUT2D eigenvalue weighted by molar-refractivity contribution is 7.18. The lowest BCUT2D eigenvalue weighted by molar-refractivity contribution is 0.636. The summed E-state index contributed by atoms with van der Waals surface area (Å²) in [6, 6.07) is 6.87. The van der Waals surface area contributed by atoms with E-state index in [0.29, 0.717) is 5.52 Å². The molecule has 0 aliphatic carbocycles. The Balaban J connectivity index is 2.21. The maximum absolute atomic E-state index is 13.9. The summed E-state index contributed by atoms with van der Waals surface area (Å²) in [6.07, 6.45) is 0. The van der Waals surface area contributed by atoms with Gasteiger partial charge in [0.1, 0.15) is 16.3 Å². The number of fused-ring (bicyclic) bond motifs is 1. The van der Waals surface area contributed by atoms with Gasteiger partial charge in [-0.1, -0.05) is 23.5 Å². The maximum Gasteiger partial charge on any atom is 0.205 e. The van der Waals surface area contributed by atoms with Crippen LogP contribution in [0.4, 0.5) is 9.52 Å². The van der Waals surface area contributed by atoms with Gasteiger partial charge in [-0.05, 0) is 26.0 Å². The molecule has 2 heterocycles. The Morgan fingerprint density at radius 2 is 2.15 bits per heavy atom. The fraction of sp³-hybridized carbons (Fsp3) is 0.214. The lowest BCUT2D eigenvalue weighted by Gasteiger charge is -2.05. The smallest absolute Gasteiger partial charge is 0.205 e. The standard InChI is InChI=1S/C14H13FN4S/c1-3-16-14-19-18-13(20-14)10-7-8(2)17-12-9(10)5-4-6-11(12)15/h4-7H,3H2,1-2H3,(H,16,19). The van der Waals surface area contributed by atoms with Gasteiger partial charge >= 0.3 is 0 Å². The fourth-order valence-electron chi connectivity index (χ4n) is 2.07. The van der Waals surface area contributed by atoms with Crippen molar-refractivity contribution in [2.45, 2.75) is 13.8 Å². The van der Waals surface area contributed by atoms with Gasteiger partial charge in [-0.25, -0.2) is 9.37 Å². The molecule has 0 fully saturated rings. The molecule has 0 unspecified atom stereocenters. The number of benzene rings is 1. The minimum atomic E-state index is -0.316. The Morgan fingerprint density at radius 1 is 1.30 bits per heavy atom. The largest absolute Gasteiger partial charge is 0.360 e. The van der Waals surface area contributed by atoms with Crippen LogP contribution in [-0.2, 0) is 0 Å². The Labute approximate surface area is 119 Å². The Kier molecular flexibility index (Phi) is 3.31. The van der Waals surface area contributed by atoms with E-state index in [1.165, 1.54) is 17.4 Å². The van der Waals surface area contributed by atoms with E-state index in [2.05, 4.69) is 20.5 Å². The molecular weight excluding hydrogens is 275 g/mol. The molecule has 1 aromatic carbocycles. The number of pyridine rings is 1. The molecule has 2 aromatic heterocycles. The number of aryl methyl sites for hydroxylation is 1. The number of aromatic nitrogens is 3. The number of nitrogens with zero attached hydrogens (tertiary/aromatic N) is 3. The van der Waals surface area contributed by atoms with Crippen molar-refractivity contribution in [1.29, 1.82) is 0 Å². The summed E-state index contributed by atoms with van der Waals surface area (Å²) in [5.74, 6) is -0.316. The van der Waals surface area contributed by atoms with Crippen molar-refractivity contribution in [3.05, 3.63) is 35.8 Å². The summed E-state index contributed by atoms with van der Waals surface area (Å²) in [5.41, 5.74) is 2.01. The number of halogens is 1. The van der Waals surface area contributed by atoms with Crippen LogP contribution in [0, 0.1) is 12.7 Å². The van der Waals surface area contributed by atoms with Gasteiger partial charge in [-0.15, -0.1) is 10.2 Å². The summed E-state index contributed by atoms with van der Waals surface area (Å²) in [4.78, 5) is 4.27. The Bertz CT molecular complexity index is 769. The number of nitrogens with one attached hydrogen (secondary N) is 1. The van der Waals surface area contributed by atoms with Gasteiger partial charge in [-0.2, -0.15) is 0 Å². The van der Waals surface area contributed by atoms with Crippen LogP contribution in [0.2, 0.25) is 0 Å². The minimum absolute atomic E-state index is 0.316. The highest BCUT2D eigenvalue weighted by Crippen LogP contribution is 2.32. The second-order valence-electron chi connectivity index (χ2n) is 4.39. The zero-order chi connectivity index (χ0) is 14.1. The summed E-state index contributed by atoms with van der Waals surface area (Å²) in [5, 5.41) is 13.7. The number of para-hydroxylation sites is 1. The first-order valence-electron chi connectivity index (χ1n) is 6.32. The number of hydrogen-bond donors (Lipinski definition) is 1. The summed E-state index contributed by atoms with van der Waals surface area (Å²) < 4.78 is 13.9. The van der Waals surface area contributed by atoms with Gasteiger partial charge < -0.3 is 5.32 Å². The first kappa shape index (κ1) is 12.9. The van der Waals surface area contributed by atoms with Crippen molar-refractivity contribution in [3.63, 3.8) is 0 Å². The van der Waals surface area contributed by atoms with E-state index in [1.54, 1.807) is 6.07 Å². The molecule has 0 radical (unpaired) electrons. The van der Waals surface area contributed by atoms with E-state index in [0.717, 1.165) is 33.3 Å². The van der Waals surface area contributed by atoms with Gasteiger partial charge in [0.05, 0.1) is 0 Å².